The van der Waals surface area contributed by atoms with Crippen molar-refractivity contribution < 1.29 is 9.90 Å². The minimum absolute atomic E-state index is 0.616. The minimum atomic E-state index is -0.975. The highest BCUT2D eigenvalue weighted by Gasteiger charge is 2.10. The van der Waals surface area contributed by atoms with Crippen LogP contribution in [0.5, 0.6) is 0 Å². The highest BCUT2D eigenvalue weighted by atomic mass is 35.5. The number of thiazole rings is 1. The normalized spacial score (nSPS) is 11.0. The van der Waals surface area contributed by atoms with Gasteiger partial charge in [0.05, 0.1) is 17.7 Å². The summed E-state index contributed by atoms with van der Waals surface area (Å²) in [5.74, 6) is -0.975. The summed E-state index contributed by atoms with van der Waals surface area (Å²) in [7, 11) is 1.95. The topological polar surface area (TPSA) is 53.4 Å². The molecule has 1 aromatic heterocycles. The third kappa shape index (κ3) is 4.06. The van der Waals surface area contributed by atoms with Crippen LogP contribution in [0.4, 0.5) is 5.69 Å². The fourth-order valence-corrected chi connectivity index (χ4v) is 2.92. The maximum absolute atomic E-state index is 10.7. The number of hydrogen-bond acceptors (Lipinski definition) is 4. The second-order valence-corrected chi connectivity index (χ2v) is 5.97. The molecular formula is C15H15ClN2O2S. The average molecular weight is 323 g/mol. The molecule has 0 fully saturated rings. The van der Waals surface area contributed by atoms with Crippen LogP contribution < -0.4 is 4.90 Å². The maximum atomic E-state index is 10.7. The third-order valence-electron chi connectivity index (χ3n) is 3.03. The number of benzene rings is 1. The molecular weight excluding hydrogens is 308 g/mol. The second-order valence-electron chi connectivity index (χ2n) is 4.59. The molecule has 110 valence electrons. The molecule has 0 radical (unpaired) electrons. The van der Waals surface area contributed by atoms with E-state index in [-0.39, 0.29) is 0 Å². The van der Waals surface area contributed by atoms with Crippen molar-refractivity contribution in [2.75, 3.05) is 11.9 Å². The van der Waals surface area contributed by atoms with E-state index in [0.717, 1.165) is 23.0 Å². The molecule has 1 heterocycles. The summed E-state index contributed by atoms with van der Waals surface area (Å²) in [6.07, 6.45) is 2.70. The number of carboxylic acids is 1. The number of anilines is 1. The molecule has 6 heteroatoms. The van der Waals surface area contributed by atoms with E-state index in [0.29, 0.717) is 11.6 Å². The van der Waals surface area contributed by atoms with Gasteiger partial charge < -0.3 is 10.0 Å². The maximum Gasteiger partial charge on any atom is 0.328 e. The standard InChI is InChI=1S/C15H15ClN2O2S/c1-10-14(21-9-17-10)8-18(2)13-7-12(16)5-3-11(13)4-6-15(19)20/h3-7,9H,8H2,1-2H3,(H,19,20)/b6-4+. The Morgan fingerprint density at radius 3 is 2.90 bits per heavy atom. The molecule has 2 aromatic rings. The lowest BCUT2D eigenvalue weighted by Crippen LogP contribution is -2.17. The lowest BCUT2D eigenvalue weighted by atomic mass is 10.1. The van der Waals surface area contributed by atoms with Gasteiger partial charge in [0.15, 0.2) is 0 Å². The quantitative estimate of drug-likeness (QED) is 0.850. The molecule has 0 aliphatic rings. The van der Waals surface area contributed by atoms with Crippen molar-refractivity contribution in [1.29, 1.82) is 0 Å². The number of aryl methyl sites for hydroxylation is 1. The largest absolute Gasteiger partial charge is 0.478 e. The summed E-state index contributed by atoms with van der Waals surface area (Å²) in [4.78, 5) is 18.1. The molecule has 0 aliphatic carbocycles. The zero-order valence-electron chi connectivity index (χ0n) is 11.7. The monoisotopic (exact) mass is 322 g/mol. The molecule has 0 aliphatic heterocycles. The number of carbonyl (C=O) groups is 1. The van der Waals surface area contributed by atoms with Gasteiger partial charge >= 0.3 is 5.97 Å². The number of carboxylic acid groups (broad SMARTS) is 1. The van der Waals surface area contributed by atoms with Crippen LogP contribution in [0.15, 0.2) is 29.8 Å². The number of nitrogens with zero attached hydrogens (tertiary/aromatic N) is 2. The SMILES string of the molecule is Cc1ncsc1CN(C)c1cc(Cl)ccc1/C=C/C(=O)O. The highest BCUT2D eigenvalue weighted by Crippen LogP contribution is 2.27. The predicted octanol–water partition coefficient (Wildman–Crippen LogP) is 3.84. The van der Waals surface area contributed by atoms with Crippen molar-refractivity contribution in [3.63, 3.8) is 0 Å². The van der Waals surface area contributed by atoms with E-state index in [9.17, 15) is 4.79 Å². The van der Waals surface area contributed by atoms with Gasteiger partial charge in [-0.1, -0.05) is 17.7 Å². The van der Waals surface area contributed by atoms with Crippen molar-refractivity contribution in [2.24, 2.45) is 0 Å². The van der Waals surface area contributed by atoms with Gasteiger partial charge in [0.1, 0.15) is 0 Å². The van der Waals surface area contributed by atoms with Crippen molar-refractivity contribution in [1.82, 2.24) is 4.98 Å². The Hall–Kier alpha value is -1.85. The van der Waals surface area contributed by atoms with Crippen LogP contribution in [-0.2, 0) is 11.3 Å². The summed E-state index contributed by atoms with van der Waals surface area (Å²) >= 11 is 7.66. The van der Waals surface area contributed by atoms with Gasteiger partial charge in [0.2, 0.25) is 0 Å². The Morgan fingerprint density at radius 2 is 2.29 bits per heavy atom. The molecule has 21 heavy (non-hydrogen) atoms. The Kier molecular flexibility index (Phi) is 4.98. The molecule has 1 N–H and O–H groups in total. The van der Waals surface area contributed by atoms with Crippen LogP contribution in [0.1, 0.15) is 16.1 Å². The smallest absolute Gasteiger partial charge is 0.328 e. The second kappa shape index (κ2) is 6.74. The Morgan fingerprint density at radius 1 is 1.52 bits per heavy atom. The van der Waals surface area contributed by atoms with Crippen LogP contribution in [-0.4, -0.2) is 23.1 Å². The van der Waals surface area contributed by atoms with E-state index in [1.165, 1.54) is 4.88 Å². The van der Waals surface area contributed by atoms with Gasteiger partial charge in [-0.2, -0.15) is 0 Å². The molecule has 0 spiro atoms. The lowest BCUT2D eigenvalue weighted by Gasteiger charge is -2.21. The van der Waals surface area contributed by atoms with E-state index in [1.807, 2.05) is 36.5 Å². The molecule has 2 rings (SSSR count). The van der Waals surface area contributed by atoms with Gasteiger partial charge in [0, 0.05) is 28.7 Å². The number of rotatable bonds is 5. The van der Waals surface area contributed by atoms with Crippen LogP contribution >= 0.6 is 22.9 Å². The van der Waals surface area contributed by atoms with E-state index in [2.05, 4.69) is 4.98 Å². The zero-order chi connectivity index (χ0) is 15.4. The number of aliphatic carboxylic acids is 1. The summed E-state index contributed by atoms with van der Waals surface area (Å²) in [6, 6.07) is 5.39. The van der Waals surface area contributed by atoms with Crippen LogP contribution in [0.2, 0.25) is 5.02 Å². The van der Waals surface area contributed by atoms with Crippen LogP contribution in [0, 0.1) is 6.92 Å². The van der Waals surface area contributed by atoms with Gasteiger partial charge in [0.25, 0.3) is 0 Å². The van der Waals surface area contributed by atoms with E-state index >= 15 is 0 Å². The summed E-state index contributed by atoms with van der Waals surface area (Å²) in [6.45, 7) is 2.67. The third-order valence-corrected chi connectivity index (χ3v) is 4.19. The first-order valence-electron chi connectivity index (χ1n) is 6.28. The molecule has 0 amide bonds. The van der Waals surface area contributed by atoms with E-state index in [4.69, 9.17) is 16.7 Å². The first-order chi connectivity index (χ1) is 9.97. The van der Waals surface area contributed by atoms with E-state index < -0.39 is 5.97 Å². The minimum Gasteiger partial charge on any atom is -0.478 e. The lowest BCUT2D eigenvalue weighted by molar-refractivity contribution is -0.131. The number of hydrogen-bond donors (Lipinski definition) is 1. The summed E-state index contributed by atoms with van der Waals surface area (Å²) in [5, 5.41) is 9.39. The molecule has 0 atom stereocenters. The Balaban J connectivity index is 2.30. The predicted molar refractivity (Wildman–Crippen MR) is 87.1 cm³/mol. The molecule has 0 saturated heterocycles. The van der Waals surface area contributed by atoms with Gasteiger partial charge in [-0.05, 0) is 30.7 Å². The molecule has 1 aromatic carbocycles. The number of aromatic nitrogens is 1. The fourth-order valence-electron chi connectivity index (χ4n) is 1.93. The van der Waals surface area contributed by atoms with Crippen molar-refractivity contribution in [3.05, 3.63) is 50.9 Å². The zero-order valence-corrected chi connectivity index (χ0v) is 13.3. The molecule has 0 bridgehead atoms. The van der Waals surface area contributed by atoms with Crippen molar-refractivity contribution in [2.45, 2.75) is 13.5 Å². The Labute approximate surface area is 132 Å². The molecule has 0 saturated carbocycles. The average Bonchev–Trinajstić information content (AvgIpc) is 2.82. The first-order valence-corrected chi connectivity index (χ1v) is 7.54. The fraction of sp³-hybridized carbons (Fsp3) is 0.200. The Bertz CT molecular complexity index is 682. The van der Waals surface area contributed by atoms with Crippen LogP contribution in [0.25, 0.3) is 6.08 Å². The van der Waals surface area contributed by atoms with Gasteiger partial charge in [-0.25, -0.2) is 9.78 Å². The highest BCUT2D eigenvalue weighted by molar-refractivity contribution is 7.09. The summed E-state index contributed by atoms with van der Waals surface area (Å²) in [5.41, 5.74) is 4.53. The van der Waals surface area contributed by atoms with Gasteiger partial charge in [-0.3, -0.25) is 0 Å². The van der Waals surface area contributed by atoms with Crippen molar-refractivity contribution >= 4 is 40.7 Å². The summed E-state index contributed by atoms with van der Waals surface area (Å²) < 4.78 is 0. The van der Waals surface area contributed by atoms with Gasteiger partial charge in [-0.15, -0.1) is 11.3 Å². The number of halogens is 1. The molecule has 4 nitrogen and oxygen atoms in total. The first kappa shape index (κ1) is 15.5. The van der Waals surface area contributed by atoms with Crippen LogP contribution in [0.3, 0.4) is 0 Å². The van der Waals surface area contributed by atoms with Crippen molar-refractivity contribution in [3.8, 4) is 0 Å². The van der Waals surface area contributed by atoms with E-state index in [1.54, 1.807) is 23.5 Å². The molecule has 0 unspecified atom stereocenters.